The predicted molar refractivity (Wildman–Crippen MR) is 90.9 cm³/mol. The highest BCUT2D eigenvalue weighted by Crippen LogP contribution is 2.49. The lowest BCUT2D eigenvalue weighted by Crippen LogP contribution is -2.28. The second-order valence-corrected chi connectivity index (χ2v) is 6.79. The number of aromatic nitrogens is 4. The molecule has 1 saturated heterocycles. The Balaban J connectivity index is 1.39. The Morgan fingerprint density at radius 3 is 2.68 bits per heavy atom. The van der Waals surface area contributed by atoms with Crippen LogP contribution < -0.4 is 0 Å². The molecule has 6 heteroatoms. The quantitative estimate of drug-likeness (QED) is 0.736. The largest absolute Gasteiger partial charge is 0.346 e. The van der Waals surface area contributed by atoms with Crippen LogP contribution >= 0.6 is 0 Å². The average molecular weight is 334 g/mol. The molecule has 5 rings (SSSR count). The molecule has 1 saturated carbocycles. The Morgan fingerprint density at radius 1 is 1.04 bits per heavy atom. The molecule has 0 amide bonds. The van der Waals surface area contributed by atoms with Crippen LogP contribution in [0.4, 0.5) is 0 Å². The predicted octanol–water partition coefficient (Wildman–Crippen LogP) is 3.15. The van der Waals surface area contributed by atoms with Crippen molar-refractivity contribution in [1.82, 2.24) is 19.7 Å². The molecule has 3 aromatic heterocycles. The molecular weight excluding hydrogens is 316 g/mol. The van der Waals surface area contributed by atoms with E-state index in [0.29, 0.717) is 5.41 Å². The van der Waals surface area contributed by atoms with Crippen LogP contribution in [-0.2, 0) is 9.47 Å². The second kappa shape index (κ2) is 5.75. The van der Waals surface area contributed by atoms with Gasteiger partial charge in [0.25, 0.3) is 0 Å². The van der Waals surface area contributed by atoms with Crippen molar-refractivity contribution >= 4 is 0 Å². The maximum Gasteiger partial charge on any atom is 0.201 e. The van der Waals surface area contributed by atoms with Crippen molar-refractivity contribution in [1.29, 1.82) is 0 Å². The zero-order valence-corrected chi connectivity index (χ0v) is 13.7. The summed E-state index contributed by atoms with van der Waals surface area (Å²) >= 11 is 0. The van der Waals surface area contributed by atoms with Gasteiger partial charge in [-0.05, 0) is 37.1 Å². The topological polar surface area (TPSA) is 62.1 Å². The summed E-state index contributed by atoms with van der Waals surface area (Å²) < 4.78 is 13.6. The highest BCUT2D eigenvalue weighted by molar-refractivity contribution is 5.57. The molecule has 1 aliphatic heterocycles. The van der Waals surface area contributed by atoms with Gasteiger partial charge in [0.15, 0.2) is 0 Å². The number of hydrogen-bond donors (Lipinski definition) is 0. The second-order valence-electron chi connectivity index (χ2n) is 6.79. The van der Waals surface area contributed by atoms with E-state index in [0.717, 1.165) is 35.9 Å². The lowest BCUT2D eigenvalue weighted by Gasteiger charge is -2.29. The Hall–Kier alpha value is -2.57. The van der Waals surface area contributed by atoms with Gasteiger partial charge >= 0.3 is 0 Å². The summed E-state index contributed by atoms with van der Waals surface area (Å²) in [4.78, 5) is 8.85. The zero-order valence-electron chi connectivity index (χ0n) is 13.7. The molecule has 1 spiro atoms. The molecule has 0 radical (unpaired) electrons. The minimum absolute atomic E-state index is 0.291. The molecule has 3 aromatic rings. The van der Waals surface area contributed by atoms with Crippen molar-refractivity contribution in [2.45, 2.75) is 19.1 Å². The van der Waals surface area contributed by atoms with Gasteiger partial charge in [0, 0.05) is 23.4 Å². The van der Waals surface area contributed by atoms with E-state index >= 15 is 0 Å². The first kappa shape index (κ1) is 14.7. The van der Waals surface area contributed by atoms with Gasteiger partial charge in [-0.25, -0.2) is 9.67 Å². The van der Waals surface area contributed by atoms with Gasteiger partial charge in [0.05, 0.1) is 42.7 Å². The number of pyridine rings is 2. The van der Waals surface area contributed by atoms with Crippen LogP contribution in [0, 0.1) is 5.41 Å². The fourth-order valence-corrected chi connectivity index (χ4v) is 3.06. The van der Waals surface area contributed by atoms with E-state index in [1.165, 1.54) is 12.8 Å². The molecule has 6 nitrogen and oxygen atoms in total. The van der Waals surface area contributed by atoms with Crippen LogP contribution in [0.15, 0.2) is 55.1 Å². The summed E-state index contributed by atoms with van der Waals surface area (Å²) in [5, 5.41) is 4.41. The molecule has 0 unspecified atom stereocenters. The molecule has 0 atom stereocenters. The summed E-state index contributed by atoms with van der Waals surface area (Å²) in [5.41, 5.74) is 3.81. The van der Waals surface area contributed by atoms with Crippen molar-refractivity contribution in [3.8, 4) is 16.9 Å². The Bertz CT molecular complexity index is 879. The highest BCUT2D eigenvalue weighted by Gasteiger charge is 2.47. The smallest absolute Gasteiger partial charge is 0.201 e. The number of nitrogens with zero attached hydrogens (tertiary/aromatic N) is 4. The van der Waals surface area contributed by atoms with Gasteiger partial charge in [-0.1, -0.05) is 6.07 Å². The van der Waals surface area contributed by atoms with E-state index in [4.69, 9.17) is 14.5 Å². The van der Waals surface area contributed by atoms with Gasteiger partial charge in [0.1, 0.15) is 0 Å². The van der Waals surface area contributed by atoms with Crippen molar-refractivity contribution in [3.63, 3.8) is 0 Å². The Labute approximate surface area is 145 Å². The summed E-state index contributed by atoms with van der Waals surface area (Å²) in [6.45, 7) is 1.53. The van der Waals surface area contributed by atoms with Crippen LogP contribution in [0.25, 0.3) is 16.9 Å². The lowest BCUT2D eigenvalue weighted by atomic mass is 10.1. The SMILES string of the molecule is c1cncc(-n2cc(-c3cccc(C4OCC5(CC5)CO4)n3)cn2)c1. The van der Waals surface area contributed by atoms with Gasteiger partial charge in [-0.2, -0.15) is 5.10 Å². The molecule has 126 valence electrons. The third kappa shape index (κ3) is 2.83. The molecular formula is C19H18N4O2. The number of rotatable bonds is 3. The minimum Gasteiger partial charge on any atom is -0.346 e. The lowest BCUT2D eigenvalue weighted by molar-refractivity contribution is -0.213. The molecule has 25 heavy (non-hydrogen) atoms. The fraction of sp³-hybridized carbons (Fsp3) is 0.316. The van der Waals surface area contributed by atoms with E-state index in [1.54, 1.807) is 23.3 Å². The average Bonchev–Trinajstić information content (AvgIpc) is 3.24. The van der Waals surface area contributed by atoms with E-state index < -0.39 is 0 Å². The van der Waals surface area contributed by atoms with E-state index in [9.17, 15) is 0 Å². The molecule has 0 N–H and O–H groups in total. The highest BCUT2D eigenvalue weighted by atomic mass is 16.7. The van der Waals surface area contributed by atoms with Crippen LogP contribution in [-0.4, -0.2) is 33.0 Å². The Kier molecular flexibility index (Phi) is 3.39. The van der Waals surface area contributed by atoms with Gasteiger partial charge in [-0.3, -0.25) is 4.98 Å². The van der Waals surface area contributed by atoms with Gasteiger partial charge < -0.3 is 9.47 Å². The van der Waals surface area contributed by atoms with Crippen molar-refractivity contribution < 1.29 is 9.47 Å². The fourth-order valence-electron chi connectivity index (χ4n) is 3.06. The van der Waals surface area contributed by atoms with E-state index in [2.05, 4.69) is 10.1 Å². The first-order valence-electron chi connectivity index (χ1n) is 8.47. The Morgan fingerprint density at radius 2 is 1.92 bits per heavy atom. The molecule has 2 fully saturated rings. The first-order valence-corrected chi connectivity index (χ1v) is 8.47. The van der Waals surface area contributed by atoms with Crippen molar-refractivity contribution in [3.05, 3.63) is 60.8 Å². The number of hydrogen-bond acceptors (Lipinski definition) is 5. The maximum atomic E-state index is 5.89. The van der Waals surface area contributed by atoms with Crippen LogP contribution in [0.3, 0.4) is 0 Å². The summed E-state index contributed by atoms with van der Waals surface area (Å²) in [6, 6.07) is 9.75. The van der Waals surface area contributed by atoms with Gasteiger partial charge in [-0.15, -0.1) is 0 Å². The summed E-state index contributed by atoms with van der Waals surface area (Å²) in [6.07, 6.45) is 9.32. The normalized spacial score (nSPS) is 19.2. The maximum absolute atomic E-state index is 5.89. The third-order valence-corrected chi connectivity index (χ3v) is 4.84. The number of ether oxygens (including phenoxy) is 2. The molecule has 4 heterocycles. The monoisotopic (exact) mass is 334 g/mol. The summed E-state index contributed by atoms with van der Waals surface area (Å²) in [5.74, 6) is 0. The van der Waals surface area contributed by atoms with Crippen molar-refractivity contribution in [2.75, 3.05) is 13.2 Å². The van der Waals surface area contributed by atoms with Crippen LogP contribution in [0.2, 0.25) is 0 Å². The molecule has 0 bridgehead atoms. The van der Waals surface area contributed by atoms with Gasteiger partial charge in [0.2, 0.25) is 6.29 Å². The minimum atomic E-state index is -0.375. The molecule has 2 aliphatic rings. The van der Waals surface area contributed by atoms with E-state index in [1.807, 2.05) is 36.5 Å². The first-order chi connectivity index (χ1) is 12.3. The van der Waals surface area contributed by atoms with Crippen LogP contribution in [0.1, 0.15) is 24.8 Å². The van der Waals surface area contributed by atoms with Crippen LogP contribution in [0.5, 0.6) is 0 Å². The van der Waals surface area contributed by atoms with E-state index in [-0.39, 0.29) is 6.29 Å². The zero-order chi connectivity index (χ0) is 16.7. The third-order valence-electron chi connectivity index (χ3n) is 4.84. The molecule has 0 aromatic carbocycles. The molecule has 1 aliphatic carbocycles. The van der Waals surface area contributed by atoms with Crippen molar-refractivity contribution in [2.24, 2.45) is 5.41 Å². The standard InChI is InChI=1S/C19H18N4O2/c1-4-16(14-9-21-23(11-14)15-3-2-8-20-10-15)22-17(5-1)18-24-12-19(6-7-19)13-25-18/h1-5,8-11,18H,6-7,12-13H2. The summed E-state index contributed by atoms with van der Waals surface area (Å²) in [7, 11) is 0.